The monoisotopic (exact) mass is 342 g/mol. The minimum Gasteiger partial charge on any atom is -0.493 e. The summed E-state index contributed by atoms with van der Waals surface area (Å²) in [7, 11) is 1.79. The minimum absolute atomic E-state index is 0.200. The second-order valence-corrected chi connectivity index (χ2v) is 6.46. The smallest absolute Gasteiger partial charge is 0.191 e. The number of fused-ring (bicyclic) bond motifs is 1. The number of rotatable bonds is 4. The van der Waals surface area contributed by atoms with Crippen LogP contribution in [0.3, 0.4) is 0 Å². The predicted molar refractivity (Wildman–Crippen MR) is 98.2 cm³/mol. The van der Waals surface area contributed by atoms with Gasteiger partial charge in [0, 0.05) is 37.1 Å². The number of nitrogens with one attached hydrogen (secondary N) is 2. The van der Waals surface area contributed by atoms with E-state index in [1.807, 2.05) is 32.0 Å². The Morgan fingerprint density at radius 2 is 2.16 bits per heavy atom. The molecule has 25 heavy (non-hydrogen) atoms. The third kappa shape index (κ3) is 3.78. The molecule has 2 aromatic rings. The van der Waals surface area contributed by atoms with Gasteiger partial charge in [0.15, 0.2) is 5.96 Å². The summed E-state index contributed by atoms with van der Waals surface area (Å²) in [4.78, 5) is 4.37. The Labute approximate surface area is 148 Å². The molecule has 1 aromatic carbocycles. The molecule has 1 aliphatic heterocycles. The maximum atomic E-state index is 5.72. The Kier molecular flexibility index (Phi) is 5.26. The first kappa shape index (κ1) is 17.3. The van der Waals surface area contributed by atoms with E-state index in [-0.39, 0.29) is 12.0 Å². The first-order valence-electron chi connectivity index (χ1n) is 8.71. The van der Waals surface area contributed by atoms with Gasteiger partial charge < -0.3 is 19.9 Å². The lowest BCUT2D eigenvalue weighted by Gasteiger charge is -2.28. The standard InChI is InChI=1S/C19H26N4O2/c1-12(18-13(2)23-25-14(18)3)11-21-19(20-4)22-16-9-10-24-17-8-6-5-7-15(16)17/h5-8,12,16H,9-11H2,1-4H3,(H2,20,21,22). The molecule has 2 unspecified atom stereocenters. The van der Waals surface area contributed by atoms with E-state index in [0.717, 1.165) is 36.1 Å². The van der Waals surface area contributed by atoms with E-state index >= 15 is 0 Å². The first-order chi connectivity index (χ1) is 12.1. The number of ether oxygens (including phenoxy) is 1. The van der Waals surface area contributed by atoms with Crippen LogP contribution in [0.25, 0.3) is 0 Å². The van der Waals surface area contributed by atoms with Crippen molar-refractivity contribution in [2.24, 2.45) is 4.99 Å². The fourth-order valence-corrected chi connectivity index (χ4v) is 3.40. The molecule has 0 saturated carbocycles. The van der Waals surface area contributed by atoms with Gasteiger partial charge in [-0.05, 0) is 19.9 Å². The zero-order valence-electron chi connectivity index (χ0n) is 15.3. The molecule has 0 bridgehead atoms. The number of hydrogen-bond acceptors (Lipinski definition) is 4. The second kappa shape index (κ2) is 7.59. The maximum absolute atomic E-state index is 5.72. The van der Waals surface area contributed by atoms with Crippen LogP contribution in [0.5, 0.6) is 5.75 Å². The maximum Gasteiger partial charge on any atom is 0.191 e. The van der Waals surface area contributed by atoms with E-state index in [1.165, 1.54) is 11.1 Å². The fourth-order valence-electron chi connectivity index (χ4n) is 3.40. The zero-order chi connectivity index (χ0) is 17.8. The summed E-state index contributed by atoms with van der Waals surface area (Å²) < 4.78 is 11.0. The molecule has 6 nitrogen and oxygen atoms in total. The number of hydrogen-bond donors (Lipinski definition) is 2. The van der Waals surface area contributed by atoms with Crippen molar-refractivity contribution in [3.63, 3.8) is 0 Å². The molecule has 2 N–H and O–H groups in total. The van der Waals surface area contributed by atoms with E-state index in [0.29, 0.717) is 6.61 Å². The summed E-state index contributed by atoms with van der Waals surface area (Å²) in [5, 5.41) is 11.0. The molecule has 0 fully saturated rings. The van der Waals surface area contributed by atoms with Gasteiger partial charge in [-0.15, -0.1) is 0 Å². The Bertz CT molecular complexity index is 734. The lowest BCUT2D eigenvalue weighted by molar-refractivity contribution is 0.261. The van der Waals surface area contributed by atoms with Gasteiger partial charge in [-0.25, -0.2) is 0 Å². The van der Waals surface area contributed by atoms with Crippen LogP contribution in [-0.2, 0) is 0 Å². The molecule has 2 heterocycles. The minimum atomic E-state index is 0.200. The number of para-hydroxylation sites is 1. The number of benzene rings is 1. The molecule has 134 valence electrons. The molecule has 0 amide bonds. The summed E-state index contributed by atoms with van der Waals surface area (Å²) in [6.07, 6.45) is 0.914. The quantitative estimate of drug-likeness (QED) is 0.660. The molecule has 1 aromatic heterocycles. The molecule has 1 aliphatic rings. The van der Waals surface area contributed by atoms with Crippen LogP contribution < -0.4 is 15.4 Å². The molecule has 0 saturated heterocycles. The van der Waals surface area contributed by atoms with Crippen molar-refractivity contribution < 1.29 is 9.26 Å². The van der Waals surface area contributed by atoms with Crippen molar-refractivity contribution in [3.05, 3.63) is 46.8 Å². The van der Waals surface area contributed by atoms with Gasteiger partial charge >= 0.3 is 0 Å². The number of guanidine groups is 1. The Morgan fingerprint density at radius 3 is 2.88 bits per heavy atom. The second-order valence-electron chi connectivity index (χ2n) is 6.46. The highest BCUT2D eigenvalue weighted by atomic mass is 16.5. The van der Waals surface area contributed by atoms with Crippen LogP contribution in [-0.4, -0.2) is 31.3 Å². The Morgan fingerprint density at radius 1 is 1.36 bits per heavy atom. The van der Waals surface area contributed by atoms with Crippen molar-refractivity contribution in [3.8, 4) is 5.75 Å². The summed E-state index contributed by atoms with van der Waals surface area (Å²) in [6.45, 7) is 7.57. The molecular weight excluding hydrogens is 316 g/mol. The van der Waals surface area contributed by atoms with Gasteiger partial charge in [0.25, 0.3) is 0 Å². The third-order valence-corrected chi connectivity index (χ3v) is 4.65. The molecule has 0 radical (unpaired) electrons. The van der Waals surface area contributed by atoms with Crippen molar-refractivity contribution in [1.82, 2.24) is 15.8 Å². The van der Waals surface area contributed by atoms with Gasteiger partial charge in [-0.1, -0.05) is 30.3 Å². The third-order valence-electron chi connectivity index (χ3n) is 4.65. The van der Waals surface area contributed by atoms with Crippen LogP contribution >= 0.6 is 0 Å². The van der Waals surface area contributed by atoms with E-state index in [2.05, 4.69) is 33.8 Å². The van der Waals surface area contributed by atoms with Gasteiger partial charge in [0.05, 0.1) is 18.3 Å². The highest BCUT2D eigenvalue weighted by Crippen LogP contribution is 2.31. The number of aryl methyl sites for hydroxylation is 2. The molecule has 2 atom stereocenters. The van der Waals surface area contributed by atoms with E-state index in [9.17, 15) is 0 Å². The van der Waals surface area contributed by atoms with Gasteiger partial charge in [-0.3, -0.25) is 4.99 Å². The van der Waals surface area contributed by atoms with Crippen molar-refractivity contribution in [2.45, 2.75) is 39.2 Å². The van der Waals surface area contributed by atoms with Gasteiger partial charge in [0.1, 0.15) is 11.5 Å². The van der Waals surface area contributed by atoms with Crippen molar-refractivity contribution in [2.75, 3.05) is 20.2 Å². The molecule has 0 spiro atoms. The average Bonchev–Trinajstić information content (AvgIpc) is 2.97. The Balaban J connectivity index is 1.63. The topological polar surface area (TPSA) is 71.7 Å². The summed E-state index contributed by atoms with van der Waals surface area (Å²) in [6, 6.07) is 8.35. The normalized spacial score (nSPS) is 18.2. The number of nitrogens with zero attached hydrogens (tertiary/aromatic N) is 2. The SMILES string of the molecule is CN=C(NCC(C)c1c(C)noc1C)NC1CCOc2ccccc21. The first-order valence-corrected chi connectivity index (χ1v) is 8.71. The van der Waals surface area contributed by atoms with E-state index in [4.69, 9.17) is 9.26 Å². The summed E-state index contributed by atoms with van der Waals surface area (Å²) in [5.74, 6) is 2.91. The van der Waals surface area contributed by atoms with Crippen LogP contribution in [0.15, 0.2) is 33.8 Å². The van der Waals surface area contributed by atoms with Crippen LogP contribution in [0, 0.1) is 13.8 Å². The highest BCUT2D eigenvalue weighted by molar-refractivity contribution is 5.80. The largest absolute Gasteiger partial charge is 0.493 e. The molecular formula is C19H26N4O2. The highest BCUT2D eigenvalue weighted by Gasteiger charge is 2.22. The average molecular weight is 342 g/mol. The zero-order valence-corrected chi connectivity index (χ0v) is 15.3. The van der Waals surface area contributed by atoms with Crippen LogP contribution in [0.1, 0.15) is 47.9 Å². The Hall–Kier alpha value is -2.50. The van der Waals surface area contributed by atoms with E-state index < -0.39 is 0 Å². The molecule has 3 rings (SSSR count). The fraction of sp³-hybridized carbons (Fsp3) is 0.474. The summed E-state index contributed by atoms with van der Waals surface area (Å²) in [5.41, 5.74) is 3.29. The van der Waals surface area contributed by atoms with Crippen LogP contribution in [0.4, 0.5) is 0 Å². The van der Waals surface area contributed by atoms with E-state index in [1.54, 1.807) is 7.05 Å². The van der Waals surface area contributed by atoms with Crippen LogP contribution in [0.2, 0.25) is 0 Å². The lowest BCUT2D eigenvalue weighted by atomic mass is 9.99. The van der Waals surface area contributed by atoms with Crippen molar-refractivity contribution >= 4 is 5.96 Å². The predicted octanol–water partition coefficient (Wildman–Crippen LogP) is 3.08. The van der Waals surface area contributed by atoms with Gasteiger partial charge in [-0.2, -0.15) is 0 Å². The number of aromatic nitrogens is 1. The van der Waals surface area contributed by atoms with Crippen molar-refractivity contribution in [1.29, 1.82) is 0 Å². The van der Waals surface area contributed by atoms with Gasteiger partial charge in [0.2, 0.25) is 0 Å². The molecule has 0 aliphatic carbocycles. The molecule has 6 heteroatoms. The lowest BCUT2D eigenvalue weighted by Crippen LogP contribution is -2.42. The number of aliphatic imine (C=N–C) groups is 1. The summed E-state index contributed by atoms with van der Waals surface area (Å²) >= 11 is 0.